The molecule has 8 heteroatoms. The first-order valence-corrected chi connectivity index (χ1v) is 11.2. The van der Waals surface area contributed by atoms with Crippen LogP contribution >= 0.6 is 0 Å². The molecule has 0 aliphatic carbocycles. The van der Waals surface area contributed by atoms with E-state index in [1.165, 1.54) is 0 Å². The van der Waals surface area contributed by atoms with Gasteiger partial charge in [-0.3, -0.25) is 19.3 Å². The van der Waals surface area contributed by atoms with Crippen molar-refractivity contribution in [1.82, 2.24) is 20.0 Å². The van der Waals surface area contributed by atoms with Gasteiger partial charge in [0.2, 0.25) is 11.8 Å². The number of fused-ring (bicyclic) bond motifs is 1. The van der Waals surface area contributed by atoms with Gasteiger partial charge in [0, 0.05) is 34.2 Å². The predicted molar refractivity (Wildman–Crippen MR) is 122 cm³/mol. The van der Waals surface area contributed by atoms with Gasteiger partial charge in [-0.15, -0.1) is 0 Å². The van der Waals surface area contributed by atoms with Gasteiger partial charge in [0.25, 0.3) is 5.91 Å². The van der Waals surface area contributed by atoms with Crippen LogP contribution < -0.4 is 10.1 Å². The highest BCUT2D eigenvalue weighted by atomic mass is 16.5. The molecule has 174 valence electrons. The van der Waals surface area contributed by atoms with E-state index >= 15 is 0 Å². The van der Waals surface area contributed by atoms with E-state index in [1.54, 1.807) is 49.1 Å². The number of nitrogens with zero attached hydrogens (tertiary/aromatic N) is 3. The number of allylic oxidation sites excluding steroid dienone is 1. The molecule has 2 aliphatic heterocycles. The fourth-order valence-electron chi connectivity index (χ4n) is 4.34. The Kier molecular flexibility index (Phi) is 7.90. The summed E-state index contributed by atoms with van der Waals surface area (Å²) in [5.74, 6) is 0.427. The van der Waals surface area contributed by atoms with Crippen LogP contribution in [0.25, 0.3) is 0 Å². The quantitative estimate of drug-likeness (QED) is 0.700. The molecule has 0 bridgehead atoms. The number of piperidine rings is 1. The van der Waals surface area contributed by atoms with Crippen molar-refractivity contribution in [3.63, 3.8) is 0 Å². The van der Waals surface area contributed by atoms with Crippen molar-refractivity contribution in [2.75, 3.05) is 60.5 Å². The van der Waals surface area contributed by atoms with Crippen LogP contribution in [0.2, 0.25) is 0 Å². The third-order valence-electron chi connectivity index (χ3n) is 6.19. The van der Waals surface area contributed by atoms with Gasteiger partial charge in [0.1, 0.15) is 12.4 Å². The Balaban J connectivity index is 1.80. The fourth-order valence-corrected chi connectivity index (χ4v) is 4.34. The molecule has 0 saturated carbocycles. The summed E-state index contributed by atoms with van der Waals surface area (Å²) >= 11 is 0. The number of hydrogen-bond donors (Lipinski definition) is 1. The van der Waals surface area contributed by atoms with Crippen LogP contribution in [0.4, 0.5) is 0 Å². The average molecular weight is 443 g/mol. The molecule has 1 aromatic carbocycles. The van der Waals surface area contributed by atoms with E-state index < -0.39 is 5.41 Å². The van der Waals surface area contributed by atoms with E-state index in [-0.39, 0.29) is 17.7 Å². The van der Waals surface area contributed by atoms with Crippen molar-refractivity contribution in [2.24, 2.45) is 5.41 Å². The first kappa shape index (κ1) is 23.8. The molecule has 1 N–H and O–H groups in total. The van der Waals surface area contributed by atoms with Crippen LogP contribution in [0.15, 0.2) is 36.4 Å². The van der Waals surface area contributed by atoms with Crippen LogP contribution in [-0.2, 0) is 9.59 Å². The topological polar surface area (TPSA) is 82.2 Å². The Hall–Kier alpha value is -2.87. The third-order valence-corrected chi connectivity index (χ3v) is 6.19. The summed E-state index contributed by atoms with van der Waals surface area (Å²) < 4.78 is 5.86. The van der Waals surface area contributed by atoms with Crippen LogP contribution in [0, 0.1) is 5.41 Å². The first-order chi connectivity index (χ1) is 15.3. The molecule has 2 aliphatic rings. The summed E-state index contributed by atoms with van der Waals surface area (Å²) in [6, 6.07) is 7.12. The average Bonchev–Trinajstić information content (AvgIpc) is 2.78. The molecule has 1 aromatic rings. The molecule has 8 nitrogen and oxygen atoms in total. The third kappa shape index (κ3) is 5.68. The first-order valence-electron chi connectivity index (χ1n) is 11.2. The smallest absolute Gasteiger partial charge is 0.255 e. The number of benzene rings is 1. The number of carbonyl (C=O) groups excluding carboxylic acids is 3. The van der Waals surface area contributed by atoms with E-state index in [1.807, 2.05) is 18.2 Å². The number of para-hydroxylation sites is 1. The SMILES string of the molecule is CN(C)C(=O)CN1CCCC2(C/C=C/CNC(=O)c3ccccc3OCCN(C)C2=O)C1. The Morgan fingerprint density at radius 2 is 1.97 bits per heavy atom. The zero-order valence-electron chi connectivity index (χ0n) is 19.3. The lowest BCUT2D eigenvalue weighted by molar-refractivity contribution is -0.146. The van der Waals surface area contributed by atoms with E-state index in [0.29, 0.717) is 50.5 Å². The number of nitrogens with one attached hydrogen (secondary N) is 1. The van der Waals surface area contributed by atoms with Crippen molar-refractivity contribution >= 4 is 17.7 Å². The van der Waals surface area contributed by atoms with Crippen LogP contribution in [0.3, 0.4) is 0 Å². The maximum absolute atomic E-state index is 13.6. The molecule has 1 spiro atoms. The van der Waals surface area contributed by atoms with Gasteiger partial charge >= 0.3 is 0 Å². The number of carbonyl (C=O) groups is 3. The van der Waals surface area contributed by atoms with Gasteiger partial charge in [-0.1, -0.05) is 24.3 Å². The molecular weight excluding hydrogens is 408 g/mol. The summed E-state index contributed by atoms with van der Waals surface area (Å²) in [4.78, 5) is 43.8. The Labute approximate surface area is 190 Å². The van der Waals surface area contributed by atoms with E-state index in [2.05, 4.69) is 10.2 Å². The second kappa shape index (κ2) is 10.6. The Bertz CT molecular complexity index is 869. The highest BCUT2D eigenvalue weighted by molar-refractivity contribution is 5.97. The normalized spacial score (nSPS) is 24.2. The maximum Gasteiger partial charge on any atom is 0.255 e. The van der Waals surface area contributed by atoms with Gasteiger partial charge in [0.15, 0.2) is 0 Å². The molecule has 2 heterocycles. The van der Waals surface area contributed by atoms with Crippen molar-refractivity contribution in [3.8, 4) is 5.75 Å². The molecule has 32 heavy (non-hydrogen) atoms. The number of likely N-dealkylation sites (N-methyl/N-ethyl adjacent to an activating group) is 2. The van der Waals surface area contributed by atoms with Gasteiger partial charge in [0.05, 0.1) is 24.1 Å². The lowest BCUT2D eigenvalue weighted by Crippen LogP contribution is -2.54. The second-order valence-electron chi connectivity index (χ2n) is 8.84. The number of hydrogen-bond acceptors (Lipinski definition) is 5. The van der Waals surface area contributed by atoms with E-state index in [9.17, 15) is 14.4 Å². The summed E-state index contributed by atoms with van der Waals surface area (Å²) in [6.07, 6.45) is 6.07. The highest BCUT2D eigenvalue weighted by Crippen LogP contribution is 2.36. The molecule has 1 fully saturated rings. The van der Waals surface area contributed by atoms with Crippen molar-refractivity contribution in [2.45, 2.75) is 19.3 Å². The minimum atomic E-state index is -0.595. The van der Waals surface area contributed by atoms with Gasteiger partial charge in [-0.25, -0.2) is 0 Å². The van der Waals surface area contributed by atoms with Gasteiger partial charge in [-0.2, -0.15) is 0 Å². The van der Waals surface area contributed by atoms with Gasteiger partial charge < -0.3 is 19.9 Å². The zero-order valence-corrected chi connectivity index (χ0v) is 19.3. The van der Waals surface area contributed by atoms with Crippen molar-refractivity contribution in [1.29, 1.82) is 0 Å². The molecule has 1 saturated heterocycles. The standard InChI is InChI=1S/C24H34N4O4/c1-26(2)21(29)17-28-14-8-12-24(18-28)11-6-7-13-25-22(30)19-9-4-5-10-20(19)32-16-15-27(3)23(24)31/h4-7,9-10H,8,11-18H2,1-3H3,(H,25,30)/b7-6+. The summed E-state index contributed by atoms with van der Waals surface area (Å²) in [5, 5.41) is 2.89. The summed E-state index contributed by atoms with van der Waals surface area (Å²) in [5.41, 5.74) is -0.112. The minimum Gasteiger partial charge on any atom is -0.491 e. The molecule has 1 unspecified atom stereocenters. The number of amides is 3. The number of likely N-dealkylation sites (tertiary alicyclic amines) is 1. The minimum absolute atomic E-state index is 0.0362. The predicted octanol–water partition coefficient (Wildman–Crippen LogP) is 1.38. The lowest BCUT2D eigenvalue weighted by Gasteiger charge is -2.43. The van der Waals surface area contributed by atoms with Crippen LogP contribution in [-0.4, -0.2) is 92.9 Å². The molecule has 0 aromatic heterocycles. The lowest BCUT2D eigenvalue weighted by atomic mass is 9.75. The largest absolute Gasteiger partial charge is 0.491 e. The summed E-state index contributed by atoms with van der Waals surface area (Å²) in [6.45, 7) is 2.73. The van der Waals surface area contributed by atoms with E-state index in [0.717, 1.165) is 19.4 Å². The van der Waals surface area contributed by atoms with Crippen LogP contribution in [0.5, 0.6) is 5.75 Å². The monoisotopic (exact) mass is 442 g/mol. The van der Waals surface area contributed by atoms with E-state index in [4.69, 9.17) is 4.74 Å². The van der Waals surface area contributed by atoms with Crippen molar-refractivity contribution < 1.29 is 19.1 Å². The van der Waals surface area contributed by atoms with Crippen molar-refractivity contribution in [3.05, 3.63) is 42.0 Å². The van der Waals surface area contributed by atoms with Crippen LogP contribution in [0.1, 0.15) is 29.6 Å². The number of ether oxygens (including phenoxy) is 1. The second-order valence-corrected chi connectivity index (χ2v) is 8.84. The Morgan fingerprint density at radius 3 is 2.75 bits per heavy atom. The van der Waals surface area contributed by atoms with Gasteiger partial charge in [-0.05, 0) is 37.9 Å². The molecule has 1 atom stereocenters. The molecular formula is C24H34N4O4. The molecule has 3 rings (SSSR count). The zero-order chi connectivity index (χ0) is 23.1. The molecule has 3 amide bonds. The Morgan fingerprint density at radius 1 is 1.19 bits per heavy atom. The number of rotatable bonds is 2. The highest BCUT2D eigenvalue weighted by Gasteiger charge is 2.43. The maximum atomic E-state index is 13.6. The molecule has 0 radical (unpaired) electrons. The fraction of sp³-hybridized carbons (Fsp3) is 0.542. The summed E-state index contributed by atoms with van der Waals surface area (Å²) in [7, 11) is 5.29.